The van der Waals surface area contributed by atoms with E-state index in [0.717, 1.165) is 44.9 Å². The van der Waals surface area contributed by atoms with Gasteiger partial charge >= 0.3 is 0 Å². The molecule has 3 nitrogen and oxygen atoms in total. The number of benzene rings is 1. The molecule has 0 spiro atoms. The van der Waals surface area contributed by atoms with Gasteiger partial charge in [0.1, 0.15) is 6.29 Å². The van der Waals surface area contributed by atoms with Crippen molar-refractivity contribution in [3.8, 4) is 0 Å². The average Bonchev–Trinajstić information content (AvgIpc) is 2.41. The van der Waals surface area contributed by atoms with Crippen molar-refractivity contribution in [2.75, 3.05) is 32.7 Å². The Labute approximate surface area is 105 Å². The molecule has 1 N–H and O–H groups in total. The molecule has 1 saturated heterocycles. The first kappa shape index (κ1) is 13.1. The Morgan fingerprint density at radius 1 is 1.22 bits per heavy atom. The SMILES string of the molecule is O=Cc1cc(F)c(F)cc1CCN1CCNCC1. The van der Waals surface area contributed by atoms with Gasteiger partial charge < -0.3 is 10.2 Å². The van der Waals surface area contributed by atoms with Crippen LogP contribution in [0.4, 0.5) is 8.78 Å². The van der Waals surface area contributed by atoms with Gasteiger partial charge in [0.15, 0.2) is 11.6 Å². The Morgan fingerprint density at radius 2 is 1.89 bits per heavy atom. The quantitative estimate of drug-likeness (QED) is 0.820. The molecule has 0 amide bonds. The van der Waals surface area contributed by atoms with Crippen LogP contribution in [0.5, 0.6) is 0 Å². The molecule has 1 aromatic carbocycles. The number of carbonyl (C=O) groups is 1. The maximum atomic E-state index is 13.1. The largest absolute Gasteiger partial charge is 0.314 e. The summed E-state index contributed by atoms with van der Waals surface area (Å²) >= 11 is 0. The Bertz CT molecular complexity index is 431. The lowest BCUT2D eigenvalue weighted by Crippen LogP contribution is -2.44. The highest BCUT2D eigenvalue weighted by molar-refractivity contribution is 5.77. The van der Waals surface area contributed by atoms with Crippen LogP contribution in [0, 0.1) is 11.6 Å². The van der Waals surface area contributed by atoms with E-state index in [2.05, 4.69) is 10.2 Å². The Kier molecular flexibility index (Phi) is 4.38. The molecule has 1 fully saturated rings. The molecule has 2 rings (SSSR count). The molecule has 1 heterocycles. The van der Waals surface area contributed by atoms with Gasteiger partial charge in [-0.2, -0.15) is 0 Å². The first-order valence-corrected chi connectivity index (χ1v) is 6.07. The minimum Gasteiger partial charge on any atom is -0.314 e. The Hall–Kier alpha value is -1.33. The zero-order chi connectivity index (χ0) is 13.0. The fourth-order valence-corrected chi connectivity index (χ4v) is 2.14. The maximum Gasteiger partial charge on any atom is 0.159 e. The van der Waals surface area contributed by atoms with Gasteiger partial charge in [0.25, 0.3) is 0 Å². The van der Waals surface area contributed by atoms with Crippen LogP contribution < -0.4 is 5.32 Å². The molecule has 1 aliphatic heterocycles. The van der Waals surface area contributed by atoms with Gasteiger partial charge in [-0.05, 0) is 24.1 Å². The maximum absolute atomic E-state index is 13.1. The first-order valence-electron chi connectivity index (χ1n) is 6.07. The van der Waals surface area contributed by atoms with E-state index >= 15 is 0 Å². The Morgan fingerprint density at radius 3 is 2.56 bits per heavy atom. The molecule has 1 aliphatic rings. The number of halogens is 2. The van der Waals surface area contributed by atoms with E-state index in [9.17, 15) is 13.6 Å². The number of carbonyl (C=O) groups excluding carboxylic acids is 1. The van der Waals surface area contributed by atoms with Crippen molar-refractivity contribution in [2.24, 2.45) is 0 Å². The lowest BCUT2D eigenvalue weighted by molar-refractivity contribution is 0.112. The summed E-state index contributed by atoms with van der Waals surface area (Å²) in [5.41, 5.74) is 0.812. The minimum atomic E-state index is -0.969. The van der Waals surface area contributed by atoms with Crippen molar-refractivity contribution in [3.05, 3.63) is 34.9 Å². The summed E-state index contributed by atoms with van der Waals surface area (Å²) in [6, 6.07) is 2.09. The van der Waals surface area contributed by atoms with Crippen molar-refractivity contribution in [1.29, 1.82) is 0 Å². The van der Waals surface area contributed by atoms with Crippen LogP contribution in [-0.4, -0.2) is 43.9 Å². The van der Waals surface area contributed by atoms with Gasteiger partial charge in [0.2, 0.25) is 0 Å². The monoisotopic (exact) mass is 254 g/mol. The van der Waals surface area contributed by atoms with Crippen LogP contribution in [-0.2, 0) is 6.42 Å². The highest BCUT2D eigenvalue weighted by Crippen LogP contribution is 2.14. The topological polar surface area (TPSA) is 32.3 Å². The molecular weight excluding hydrogens is 238 g/mol. The summed E-state index contributed by atoms with van der Waals surface area (Å²) in [7, 11) is 0. The van der Waals surface area contributed by atoms with E-state index in [4.69, 9.17) is 0 Å². The van der Waals surface area contributed by atoms with Crippen molar-refractivity contribution in [1.82, 2.24) is 10.2 Å². The molecule has 0 aliphatic carbocycles. The fraction of sp³-hybridized carbons (Fsp3) is 0.462. The third kappa shape index (κ3) is 3.11. The van der Waals surface area contributed by atoms with Crippen LogP contribution in [0.15, 0.2) is 12.1 Å². The highest BCUT2D eigenvalue weighted by Gasteiger charge is 2.13. The summed E-state index contributed by atoms with van der Waals surface area (Å²) < 4.78 is 26.1. The van der Waals surface area contributed by atoms with Crippen LogP contribution in [0.2, 0.25) is 0 Å². The van der Waals surface area contributed by atoms with Crippen LogP contribution in [0.1, 0.15) is 15.9 Å². The molecule has 0 saturated carbocycles. The molecule has 0 atom stereocenters. The summed E-state index contributed by atoms with van der Waals surface area (Å²) in [6.07, 6.45) is 1.14. The van der Waals surface area contributed by atoms with E-state index in [1.165, 1.54) is 0 Å². The second kappa shape index (κ2) is 6.02. The summed E-state index contributed by atoms with van der Waals surface area (Å²) in [6.45, 7) is 4.53. The van der Waals surface area contributed by atoms with Crippen LogP contribution in [0.3, 0.4) is 0 Å². The molecule has 98 valence electrons. The van der Waals surface area contributed by atoms with Crippen molar-refractivity contribution < 1.29 is 13.6 Å². The predicted molar refractivity (Wildman–Crippen MR) is 64.8 cm³/mol. The summed E-state index contributed by atoms with van der Waals surface area (Å²) in [4.78, 5) is 13.1. The Balaban J connectivity index is 2.03. The number of piperazine rings is 1. The van der Waals surface area contributed by atoms with Crippen molar-refractivity contribution in [3.63, 3.8) is 0 Å². The molecule has 0 radical (unpaired) electrons. The van der Waals surface area contributed by atoms with E-state index in [1.54, 1.807) is 0 Å². The van der Waals surface area contributed by atoms with E-state index < -0.39 is 11.6 Å². The van der Waals surface area contributed by atoms with Gasteiger partial charge in [0.05, 0.1) is 0 Å². The second-order valence-electron chi connectivity index (χ2n) is 4.42. The van der Waals surface area contributed by atoms with Gasteiger partial charge in [-0.25, -0.2) is 8.78 Å². The second-order valence-corrected chi connectivity index (χ2v) is 4.42. The third-order valence-electron chi connectivity index (χ3n) is 3.22. The molecular formula is C13H16F2N2O. The molecule has 0 bridgehead atoms. The molecule has 1 aromatic rings. The summed E-state index contributed by atoms with van der Waals surface area (Å²) in [5.74, 6) is -1.86. The fourth-order valence-electron chi connectivity index (χ4n) is 2.14. The lowest BCUT2D eigenvalue weighted by atomic mass is 10.0. The lowest BCUT2D eigenvalue weighted by Gasteiger charge is -2.27. The summed E-state index contributed by atoms with van der Waals surface area (Å²) in [5, 5.41) is 3.24. The zero-order valence-electron chi connectivity index (χ0n) is 10.1. The zero-order valence-corrected chi connectivity index (χ0v) is 10.1. The molecule has 5 heteroatoms. The van der Waals surface area contributed by atoms with Gasteiger partial charge in [-0.1, -0.05) is 0 Å². The van der Waals surface area contributed by atoms with E-state index in [1.807, 2.05) is 0 Å². The van der Waals surface area contributed by atoms with Gasteiger partial charge in [0, 0.05) is 38.3 Å². The smallest absolute Gasteiger partial charge is 0.159 e. The standard InChI is InChI=1S/C13H16F2N2O/c14-12-7-10(11(9-18)8-13(12)15)1-4-17-5-2-16-3-6-17/h7-9,16H,1-6H2. The number of nitrogens with zero attached hydrogens (tertiary/aromatic N) is 1. The van der Waals surface area contributed by atoms with E-state index in [0.29, 0.717) is 18.3 Å². The van der Waals surface area contributed by atoms with E-state index in [-0.39, 0.29) is 5.56 Å². The molecule has 0 aromatic heterocycles. The van der Waals surface area contributed by atoms with Crippen LogP contribution >= 0.6 is 0 Å². The predicted octanol–water partition coefficient (Wildman–Crippen LogP) is 1.22. The third-order valence-corrected chi connectivity index (χ3v) is 3.22. The normalized spacial score (nSPS) is 16.8. The minimum absolute atomic E-state index is 0.240. The van der Waals surface area contributed by atoms with Crippen molar-refractivity contribution in [2.45, 2.75) is 6.42 Å². The van der Waals surface area contributed by atoms with Gasteiger partial charge in [-0.3, -0.25) is 4.79 Å². The van der Waals surface area contributed by atoms with Crippen LogP contribution in [0.25, 0.3) is 0 Å². The number of rotatable bonds is 4. The van der Waals surface area contributed by atoms with Gasteiger partial charge in [-0.15, -0.1) is 0 Å². The molecule has 18 heavy (non-hydrogen) atoms. The number of hydrogen-bond donors (Lipinski definition) is 1. The van der Waals surface area contributed by atoms with Crippen molar-refractivity contribution >= 4 is 6.29 Å². The number of aldehydes is 1. The number of hydrogen-bond acceptors (Lipinski definition) is 3. The first-order chi connectivity index (χ1) is 8.70. The highest BCUT2D eigenvalue weighted by atomic mass is 19.2. The number of nitrogens with one attached hydrogen (secondary N) is 1. The average molecular weight is 254 g/mol. The molecule has 0 unspecified atom stereocenters.